The third-order valence-electron chi connectivity index (χ3n) is 5.06. The van der Waals surface area contributed by atoms with Crippen molar-refractivity contribution in [1.29, 1.82) is 0 Å². The Balaban J connectivity index is 1.65. The minimum absolute atomic E-state index is 0.523. The molecule has 116 valence electrons. The number of hydrogen-bond donors (Lipinski definition) is 1. The number of nitrogens with one attached hydrogen (secondary N) is 1. The van der Waals surface area contributed by atoms with E-state index in [1.54, 1.807) is 0 Å². The van der Waals surface area contributed by atoms with Crippen LogP contribution in [0.15, 0.2) is 18.3 Å². The van der Waals surface area contributed by atoms with Crippen molar-refractivity contribution < 1.29 is 0 Å². The predicted octanol–water partition coefficient (Wildman–Crippen LogP) is 3.74. The number of hydrogen-bond acceptors (Lipinski definition) is 3. The van der Waals surface area contributed by atoms with Crippen molar-refractivity contribution in [3.05, 3.63) is 23.9 Å². The van der Waals surface area contributed by atoms with E-state index >= 15 is 0 Å². The summed E-state index contributed by atoms with van der Waals surface area (Å²) in [4.78, 5) is 7.33. The number of rotatable bonds is 5. The van der Waals surface area contributed by atoms with Crippen molar-refractivity contribution in [3.63, 3.8) is 0 Å². The number of pyridine rings is 1. The fourth-order valence-electron chi connectivity index (χ4n) is 3.92. The third kappa shape index (κ3) is 3.57. The molecule has 3 nitrogen and oxygen atoms in total. The molecule has 3 heteroatoms. The smallest absolute Gasteiger partial charge is 0.128 e. The highest BCUT2D eigenvalue weighted by Gasteiger charge is 2.33. The summed E-state index contributed by atoms with van der Waals surface area (Å²) < 4.78 is 0. The van der Waals surface area contributed by atoms with Crippen LogP contribution in [0.2, 0.25) is 0 Å². The van der Waals surface area contributed by atoms with Crippen LogP contribution in [0.4, 0.5) is 5.82 Å². The Morgan fingerprint density at radius 1 is 1.19 bits per heavy atom. The van der Waals surface area contributed by atoms with E-state index in [4.69, 9.17) is 4.98 Å². The molecule has 1 unspecified atom stereocenters. The van der Waals surface area contributed by atoms with Crippen LogP contribution >= 0.6 is 0 Å². The lowest BCUT2D eigenvalue weighted by molar-refractivity contribution is 0.429. The molecule has 2 aliphatic rings. The van der Waals surface area contributed by atoms with Gasteiger partial charge in [0.25, 0.3) is 0 Å². The first-order chi connectivity index (χ1) is 10.2. The average Bonchev–Trinajstić information content (AvgIpc) is 3.16. The van der Waals surface area contributed by atoms with Gasteiger partial charge in [-0.3, -0.25) is 0 Å². The van der Waals surface area contributed by atoms with Crippen molar-refractivity contribution in [2.45, 2.75) is 71.0 Å². The van der Waals surface area contributed by atoms with Crippen LogP contribution in [0.5, 0.6) is 0 Å². The summed E-state index contributed by atoms with van der Waals surface area (Å²) in [6.07, 6.45) is 10.5. The summed E-state index contributed by atoms with van der Waals surface area (Å²) in [7, 11) is 0. The van der Waals surface area contributed by atoms with Gasteiger partial charge < -0.3 is 10.2 Å². The Morgan fingerprint density at radius 2 is 2.00 bits per heavy atom. The van der Waals surface area contributed by atoms with E-state index in [2.05, 4.69) is 42.4 Å². The van der Waals surface area contributed by atoms with Gasteiger partial charge in [0.15, 0.2) is 0 Å². The molecule has 1 aromatic heterocycles. The van der Waals surface area contributed by atoms with Crippen LogP contribution in [0.25, 0.3) is 0 Å². The quantitative estimate of drug-likeness (QED) is 0.894. The zero-order chi connectivity index (χ0) is 14.7. The molecule has 0 amide bonds. The lowest BCUT2D eigenvalue weighted by Gasteiger charge is -2.30. The van der Waals surface area contributed by atoms with E-state index in [-0.39, 0.29) is 0 Å². The van der Waals surface area contributed by atoms with Crippen LogP contribution in [0, 0.1) is 5.92 Å². The summed E-state index contributed by atoms with van der Waals surface area (Å²) in [5, 5.41) is 3.45. The Morgan fingerprint density at radius 3 is 2.67 bits per heavy atom. The summed E-state index contributed by atoms with van der Waals surface area (Å²) in [6.45, 7) is 6.46. The van der Waals surface area contributed by atoms with Crippen molar-refractivity contribution in [3.8, 4) is 0 Å². The summed E-state index contributed by atoms with van der Waals surface area (Å²) in [6, 6.07) is 5.74. The monoisotopic (exact) mass is 287 g/mol. The molecule has 1 atom stereocenters. The van der Waals surface area contributed by atoms with E-state index in [0.717, 1.165) is 18.5 Å². The van der Waals surface area contributed by atoms with Crippen LogP contribution in [-0.4, -0.2) is 23.6 Å². The highest BCUT2D eigenvalue weighted by atomic mass is 15.2. The van der Waals surface area contributed by atoms with Crippen LogP contribution in [-0.2, 0) is 6.54 Å². The topological polar surface area (TPSA) is 28.2 Å². The molecular weight excluding hydrogens is 258 g/mol. The maximum absolute atomic E-state index is 4.75. The minimum Gasteiger partial charge on any atom is -0.353 e. The standard InChI is InChI=1S/C18H29N3/c1-14(2)19-12-15-9-10-18(20-13-15)21-11-5-8-17(21)16-6-3-4-7-16/h9-10,13-14,16-17,19H,3-8,11-12H2,1-2H3. The first kappa shape index (κ1) is 14.8. The second kappa shape index (κ2) is 6.78. The molecule has 0 radical (unpaired) electrons. The van der Waals surface area contributed by atoms with Gasteiger partial charge >= 0.3 is 0 Å². The number of aromatic nitrogens is 1. The molecule has 2 fully saturated rings. The highest BCUT2D eigenvalue weighted by molar-refractivity contribution is 5.42. The normalized spacial score (nSPS) is 23.4. The maximum atomic E-state index is 4.75. The molecule has 3 rings (SSSR count). The summed E-state index contributed by atoms with van der Waals surface area (Å²) >= 11 is 0. The van der Waals surface area contributed by atoms with Crippen molar-refractivity contribution in [1.82, 2.24) is 10.3 Å². The Hall–Kier alpha value is -1.09. The fraction of sp³-hybridized carbons (Fsp3) is 0.722. The van der Waals surface area contributed by atoms with Crippen molar-refractivity contribution >= 4 is 5.82 Å². The minimum atomic E-state index is 0.523. The summed E-state index contributed by atoms with van der Waals surface area (Å²) in [5.74, 6) is 2.11. The van der Waals surface area contributed by atoms with Crippen molar-refractivity contribution in [2.75, 3.05) is 11.4 Å². The van der Waals surface area contributed by atoms with E-state index in [0.29, 0.717) is 6.04 Å². The van der Waals surface area contributed by atoms with Gasteiger partial charge in [0.2, 0.25) is 0 Å². The van der Waals surface area contributed by atoms with E-state index in [1.807, 2.05) is 0 Å². The summed E-state index contributed by atoms with van der Waals surface area (Å²) in [5.41, 5.74) is 1.28. The average molecular weight is 287 g/mol. The van der Waals surface area contributed by atoms with Gasteiger partial charge in [-0.1, -0.05) is 32.8 Å². The molecule has 21 heavy (non-hydrogen) atoms. The van der Waals surface area contributed by atoms with Crippen LogP contribution in [0.1, 0.15) is 57.9 Å². The van der Waals surface area contributed by atoms with Gasteiger partial charge in [-0.25, -0.2) is 4.98 Å². The van der Waals surface area contributed by atoms with Gasteiger partial charge in [0, 0.05) is 31.4 Å². The first-order valence-electron chi connectivity index (χ1n) is 8.69. The molecule has 1 N–H and O–H groups in total. The molecule has 1 saturated carbocycles. The predicted molar refractivity (Wildman–Crippen MR) is 88.5 cm³/mol. The molecule has 2 heterocycles. The Bertz CT molecular complexity index is 434. The molecule has 1 aliphatic carbocycles. The van der Waals surface area contributed by atoms with Gasteiger partial charge in [0.1, 0.15) is 5.82 Å². The number of anilines is 1. The van der Waals surface area contributed by atoms with E-state index in [1.165, 1.54) is 56.5 Å². The Kier molecular flexibility index (Phi) is 4.79. The first-order valence-corrected chi connectivity index (χ1v) is 8.69. The van der Waals surface area contributed by atoms with E-state index < -0.39 is 0 Å². The van der Waals surface area contributed by atoms with Crippen LogP contribution < -0.4 is 10.2 Å². The second-order valence-corrected chi connectivity index (χ2v) is 7.01. The molecule has 0 bridgehead atoms. The molecule has 1 aliphatic heterocycles. The molecule has 0 aromatic carbocycles. The Labute approximate surface area is 129 Å². The molecule has 1 aromatic rings. The zero-order valence-corrected chi connectivity index (χ0v) is 13.5. The van der Waals surface area contributed by atoms with Gasteiger partial charge in [0.05, 0.1) is 0 Å². The highest BCUT2D eigenvalue weighted by Crippen LogP contribution is 2.37. The lowest BCUT2D eigenvalue weighted by Crippen LogP contribution is -2.35. The van der Waals surface area contributed by atoms with E-state index in [9.17, 15) is 0 Å². The van der Waals surface area contributed by atoms with Crippen molar-refractivity contribution in [2.24, 2.45) is 5.92 Å². The third-order valence-corrected chi connectivity index (χ3v) is 5.06. The fourth-order valence-corrected chi connectivity index (χ4v) is 3.92. The maximum Gasteiger partial charge on any atom is 0.128 e. The SMILES string of the molecule is CC(C)NCc1ccc(N2CCCC2C2CCCC2)nc1. The van der Waals surface area contributed by atoms with Crippen LogP contribution in [0.3, 0.4) is 0 Å². The van der Waals surface area contributed by atoms with Gasteiger partial charge in [-0.15, -0.1) is 0 Å². The molecular formula is C18H29N3. The van der Waals surface area contributed by atoms with Gasteiger partial charge in [-0.05, 0) is 43.2 Å². The molecule has 1 saturated heterocycles. The zero-order valence-electron chi connectivity index (χ0n) is 13.5. The molecule has 0 spiro atoms. The second-order valence-electron chi connectivity index (χ2n) is 7.01. The lowest BCUT2D eigenvalue weighted by atomic mass is 9.96. The van der Waals surface area contributed by atoms with Gasteiger partial charge in [-0.2, -0.15) is 0 Å². The largest absolute Gasteiger partial charge is 0.353 e. The number of nitrogens with zero attached hydrogens (tertiary/aromatic N) is 2.